The van der Waals surface area contributed by atoms with Crippen LogP contribution in [0, 0.1) is 5.82 Å². The molecule has 1 aliphatic heterocycles. The van der Waals surface area contributed by atoms with Crippen LogP contribution in [-0.4, -0.2) is 58.4 Å². The number of nitrogens with zero attached hydrogens (tertiary/aromatic N) is 2. The zero-order valence-electron chi connectivity index (χ0n) is 14.7. The minimum absolute atomic E-state index is 0.0669. The van der Waals surface area contributed by atoms with Crippen molar-refractivity contribution in [3.05, 3.63) is 47.5 Å². The summed E-state index contributed by atoms with van der Waals surface area (Å²) in [6, 6.07) is 7.66. The molecule has 1 fully saturated rings. The molecule has 0 saturated carbocycles. The van der Waals surface area contributed by atoms with Gasteiger partial charge in [-0.15, -0.1) is 0 Å². The molecule has 140 valence electrons. The van der Waals surface area contributed by atoms with Crippen LogP contribution in [0.3, 0.4) is 0 Å². The number of piperidine rings is 1. The number of aromatic amines is 1. The third kappa shape index (κ3) is 4.59. The number of ether oxygens (including phenoxy) is 1. The molecule has 1 aromatic heterocycles. The molecule has 0 aliphatic carbocycles. The zero-order valence-corrected chi connectivity index (χ0v) is 14.7. The Bertz CT molecular complexity index is 756. The summed E-state index contributed by atoms with van der Waals surface area (Å²) in [5, 5.41) is 19.9. The number of para-hydroxylation sites is 1. The number of rotatable bonds is 6. The zero-order chi connectivity index (χ0) is 18.6. The van der Waals surface area contributed by atoms with Crippen LogP contribution in [0.25, 0.3) is 0 Å². The molecule has 0 bridgehead atoms. The number of aliphatic hydroxyl groups is 1. The first kappa shape index (κ1) is 18.3. The van der Waals surface area contributed by atoms with Crippen LogP contribution < -0.4 is 10.1 Å². The van der Waals surface area contributed by atoms with Crippen molar-refractivity contribution in [2.75, 3.05) is 26.7 Å². The number of H-pyrrole nitrogens is 1. The summed E-state index contributed by atoms with van der Waals surface area (Å²) in [7, 11) is 2.01. The van der Waals surface area contributed by atoms with Crippen molar-refractivity contribution in [3.63, 3.8) is 0 Å². The molecule has 3 rings (SSSR count). The van der Waals surface area contributed by atoms with Crippen molar-refractivity contribution >= 4 is 5.91 Å². The van der Waals surface area contributed by atoms with E-state index in [1.165, 1.54) is 12.1 Å². The predicted molar refractivity (Wildman–Crippen MR) is 93.3 cm³/mol. The van der Waals surface area contributed by atoms with Gasteiger partial charge in [0.25, 0.3) is 5.91 Å². The van der Waals surface area contributed by atoms with Crippen LogP contribution >= 0.6 is 0 Å². The number of benzene rings is 1. The fraction of sp³-hybridized carbons (Fsp3) is 0.444. The summed E-state index contributed by atoms with van der Waals surface area (Å²) in [6.07, 6.45) is 1.23. The smallest absolute Gasteiger partial charge is 0.271 e. The lowest BCUT2D eigenvalue weighted by Crippen LogP contribution is -2.50. The molecule has 7 nitrogen and oxygen atoms in total. The van der Waals surface area contributed by atoms with E-state index >= 15 is 0 Å². The molecule has 0 radical (unpaired) electrons. The minimum atomic E-state index is -0.880. The molecule has 0 atom stereocenters. The first-order valence-electron chi connectivity index (χ1n) is 8.56. The summed E-state index contributed by atoms with van der Waals surface area (Å²) >= 11 is 0. The molecular weight excluding hydrogens is 339 g/mol. The number of hydrogen-bond acceptors (Lipinski definition) is 5. The van der Waals surface area contributed by atoms with Gasteiger partial charge in [-0.05, 0) is 38.1 Å². The molecule has 1 amide bonds. The monoisotopic (exact) mass is 362 g/mol. The maximum atomic E-state index is 13.5. The molecule has 2 aromatic rings. The second kappa shape index (κ2) is 7.84. The minimum Gasteiger partial charge on any atom is -0.484 e. The third-order valence-electron chi connectivity index (χ3n) is 4.58. The quantitative estimate of drug-likeness (QED) is 0.721. The molecule has 2 heterocycles. The summed E-state index contributed by atoms with van der Waals surface area (Å²) in [5.41, 5.74) is -0.125. The Balaban J connectivity index is 1.51. The van der Waals surface area contributed by atoms with E-state index in [-0.39, 0.29) is 30.5 Å². The number of nitrogens with one attached hydrogen (secondary N) is 2. The standard InChI is InChI=1S/C18H23FN4O3/c1-23-8-6-18(25,7-9-23)12-20-17(24)15-10-13(21-22-15)11-26-16-5-3-2-4-14(16)19/h2-5,10,25H,6-9,11-12H2,1H3,(H,20,24)(H,21,22). The summed E-state index contributed by atoms with van der Waals surface area (Å²) < 4.78 is 18.9. The van der Waals surface area contributed by atoms with E-state index in [0.29, 0.717) is 18.5 Å². The lowest BCUT2D eigenvalue weighted by molar-refractivity contribution is -0.0135. The highest BCUT2D eigenvalue weighted by atomic mass is 19.1. The molecule has 3 N–H and O–H groups in total. The van der Waals surface area contributed by atoms with Crippen molar-refractivity contribution in [3.8, 4) is 5.75 Å². The first-order valence-corrected chi connectivity index (χ1v) is 8.56. The van der Waals surface area contributed by atoms with Gasteiger partial charge >= 0.3 is 0 Å². The summed E-state index contributed by atoms with van der Waals surface area (Å²) in [6.45, 7) is 1.85. The second-order valence-corrected chi connectivity index (χ2v) is 6.71. The lowest BCUT2D eigenvalue weighted by Gasteiger charge is -2.36. The van der Waals surface area contributed by atoms with Crippen molar-refractivity contribution in [1.82, 2.24) is 20.4 Å². The molecule has 0 spiro atoms. The number of carbonyl (C=O) groups is 1. The average Bonchev–Trinajstić information content (AvgIpc) is 3.11. The topological polar surface area (TPSA) is 90.5 Å². The maximum absolute atomic E-state index is 13.5. The van der Waals surface area contributed by atoms with E-state index < -0.39 is 11.4 Å². The van der Waals surface area contributed by atoms with E-state index in [1.807, 2.05) is 7.05 Å². The largest absolute Gasteiger partial charge is 0.484 e. The van der Waals surface area contributed by atoms with Gasteiger partial charge in [0.05, 0.1) is 11.3 Å². The maximum Gasteiger partial charge on any atom is 0.271 e. The van der Waals surface area contributed by atoms with Gasteiger partial charge in [0, 0.05) is 19.6 Å². The molecule has 0 unspecified atom stereocenters. The molecule has 1 saturated heterocycles. The average molecular weight is 362 g/mol. The van der Waals surface area contributed by atoms with E-state index in [2.05, 4.69) is 20.4 Å². The van der Waals surface area contributed by atoms with E-state index in [0.717, 1.165) is 13.1 Å². The van der Waals surface area contributed by atoms with E-state index in [1.54, 1.807) is 18.2 Å². The van der Waals surface area contributed by atoms with Crippen molar-refractivity contribution in [1.29, 1.82) is 0 Å². The predicted octanol–water partition coefficient (Wildman–Crippen LogP) is 1.31. The van der Waals surface area contributed by atoms with Crippen LogP contribution in [0.1, 0.15) is 29.0 Å². The highest BCUT2D eigenvalue weighted by molar-refractivity contribution is 5.92. The lowest BCUT2D eigenvalue weighted by atomic mass is 9.91. The Hall–Kier alpha value is -2.45. The third-order valence-corrected chi connectivity index (χ3v) is 4.58. The number of amides is 1. The Morgan fingerprint density at radius 3 is 2.88 bits per heavy atom. The van der Waals surface area contributed by atoms with Crippen LogP contribution in [0.4, 0.5) is 4.39 Å². The van der Waals surface area contributed by atoms with Gasteiger partial charge in [-0.2, -0.15) is 5.10 Å². The van der Waals surface area contributed by atoms with Crippen molar-refractivity contribution < 1.29 is 19.0 Å². The van der Waals surface area contributed by atoms with Crippen LogP contribution in [0.15, 0.2) is 30.3 Å². The van der Waals surface area contributed by atoms with Gasteiger partial charge in [0.1, 0.15) is 12.3 Å². The number of carbonyl (C=O) groups excluding carboxylic acids is 1. The van der Waals surface area contributed by atoms with Gasteiger partial charge in [-0.1, -0.05) is 12.1 Å². The summed E-state index contributed by atoms with van der Waals surface area (Å²) in [5.74, 6) is -0.681. The normalized spacial score (nSPS) is 17.0. The molecule has 1 aromatic carbocycles. The van der Waals surface area contributed by atoms with Gasteiger partial charge in [0.2, 0.25) is 0 Å². The number of halogens is 1. The van der Waals surface area contributed by atoms with Crippen LogP contribution in [-0.2, 0) is 6.61 Å². The molecule has 1 aliphatic rings. The van der Waals surface area contributed by atoms with Gasteiger partial charge in [-0.3, -0.25) is 9.89 Å². The fourth-order valence-corrected chi connectivity index (χ4v) is 2.82. The van der Waals surface area contributed by atoms with Gasteiger partial charge in [0.15, 0.2) is 11.6 Å². The summed E-state index contributed by atoms with van der Waals surface area (Å²) in [4.78, 5) is 14.4. The first-order chi connectivity index (χ1) is 12.5. The highest BCUT2D eigenvalue weighted by Crippen LogP contribution is 2.20. The Labute approximate surface area is 151 Å². The highest BCUT2D eigenvalue weighted by Gasteiger charge is 2.31. The van der Waals surface area contributed by atoms with Gasteiger partial charge in [-0.25, -0.2) is 4.39 Å². The SMILES string of the molecule is CN1CCC(O)(CNC(=O)c2cc(COc3ccccc3F)[nH]n2)CC1. The molecular formula is C18H23FN4O3. The van der Waals surface area contributed by atoms with E-state index in [9.17, 15) is 14.3 Å². The Morgan fingerprint density at radius 2 is 2.15 bits per heavy atom. The Morgan fingerprint density at radius 1 is 1.42 bits per heavy atom. The molecule has 8 heteroatoms. The van der Waals surface area contributed by atoms with Crippen LogP contribution in [0.2, 0.25) is 0 Å². The second-order valence-electron chi connectivity index (χ2n) is 6.71. The fourth-order valence-electron chi connectivity index (χ4n) is 2.82. The van der Waals surface area contributed by atoms with E-state index in [4.69, 9.17) is 4.74 Å². The van der Waals surface area contributed by atoms with Gasteiger partial charge < -0.3 is 20.1 Å². The van der Waals surface area contributed by atoms with Crippen molar-refractivity contribution in [2.24, 2.45) is 0 Å². The van der Waals surface area contributed by atoms with Crippen molar-refractivity contribution in [2.45, 2.75) is 25.0 Å². The number of aromatic nitrogens is 2. The molecule has 26 heavy (non-hydrogen) atoms. The van der Waals surface area contributed by atoms with Crippen LogP contribution in [0.5, 0.6) is 5.75 Å². The Kier molecular flexibility index (Phi) is 5.53. The number of hydrogen-bond donors (Lipinski definition) is 3. The number of likely N-dealkylation sites (tertiary alicyclic amines) is 1.